The molecule has 2 rings (SSSR count). The van der Waals surface area contributed by atoms with Crippen molar-refractivity contribution in [2.24, 2.45) is 0 Å². The Hall–Kier alpha value is -2.24. The molecule has 1 N–H and O–H groups in total. The van der Waals surface area contributed by atoms with Crippen LogP contribution in [-0.2, 0) is 4.74 Å². The second-order valence-electron chi connectivity index (χ2n) is 6.12. The van der Waals surface area contributed by atoms with Crippen molar-refractivity contribution in [2.45, 2.75) is 38.8 Å². The van der Waals surface area contributed by atoms with E-state index in [1.54, 1.807) is 32.9 Å². The van der Waals surface area contributed by atoms with Gasteiger partial charge in [-0.3, -0.25) is 4.79 Å². The second-order valence-corrected chi connectivity index (χ2v) is 6.12. The highest BCUT2D eigenvalue weighted by atomic mass is 16.6. The predicted octanol–water partition coefficient (Wildman–Crippen LogP) is 2.86. The smallest absolute Gasteiger partial charge is 0.408 e. The molecule has 0 aliphatic heterocycles. The maximum absolute atomic E-state index is 12.2. The highest BCUT2D eigenvalue weighted by Crippen LogP contribution is 2.40. The van der Waals surface area contributed by atoms with E-state index in [9.17, 15) is 9.59 Å². The van der Waals surface area contributed by atoms with Crippen molar-refractivity contribution in [1.29, 1.82) is 0 Å². The van der Waals surface area contributed by atoms with Gasteiger partial charge in [-0.15, -0.1) is 0 Å². The number of carbonyl (C=O) groups excluding carboxylic acids is 2. The van der Waals surface area contributed by atoms with Crippen molar-refractivity contribution in [1.82, 2.24) is 5.32 Å². The molecule has 1 aliphatic rings. The molecule has 0 saturated carbocycles. The Bertz CT molecular complexity index is 603. The number of methoxy groups -OCH3 is 2. The van der Waals surface area contributed by atoms with E-state index in [-0.39, 0.29) is 12.2 Å². The highest BCUT2D eigenvalue weighted by Gasteiger charge is 2.35. The van der Waals surface area contributed by atoms with Gasteiger partial charge in [0, 0.05) is 12.5 Å². The summed E-state index contributed by atoms with van der Waals surface area (Å²) in [4.78, 5) is 24.1. The lowest BCUT2D eigenvalue weighted by Gasteiger charge is -2.22. The van der Waals surface area contributed by atoms with Gasteiger partial charge in [0.2, 0.25) is 0 Å². The molecule has 1 aliphatic carbocycles. The number of nitrogens with one attached hydrogen (secondary N) is 1. The second kappa shape index (κ2) is 5.87. The zero-order valence-electron chi connectivity index (χ0n) is 13.5. The molecule has 0 saturated heterocycles. The van der Waals surface area contributed by atoms with Crippen LogP contribution >= 0.6 is 0 Å². The fourth-order valence-electron chi connectivity index (χ4n) is 2.44. The van der Waals surface area contributed by atoms with Gasteiger partial charge in [-0.05, 0) is 32.4 Å². The van der Waals surface area contributed by atoms with E-state index in [0.29, 0.717) is 22.6 Å². The van der Waals surface area contributed by atoms with E-state index < -0.39 is 17.7 Å². The van der Waals surface area contributed by atoms with Crippen molar-refractivity contribution in [3.63, 3.8) is 0 Å². The van der Waals surface area contributed by atoms with Crippen LogP contribution in [0.15, 0.2) is 12.1 Å². The molecule has 6 heteroatoms. The Labute approximate surface area is 129 Å². The molecule has 1 atom stereocenters. The van der Waals surface area contributed by atoms with Gasteiger partial charge in [0.1, 0.15) is 17.1 Å². The fourth-order valence-corrected chi connectivity index (χ4v) is 2.44. The first-order valence-corrected chi connectivity index (χ1v) is 7.04. The maximum Gasteiger partial charge on any atom is 0.408 e. The predicted molar refractivity (Wildman–Crippen MR) is 80.6 cm³/mol. The molecule has 1 aromatic carbocycles. The summed E-state index contributed by atoms with van der Waals surface area (Å²) in [6.45, 7) is 5.35. The third-order valence-electron chi connectivity index (χ3n) is 3.30. The number of hydrogen-bond acceptors (Lipinski definition) is 5. The van der Waals surface area contributed by atoms with Gasteiger partial charge in [-0.1, -0.05) is 0 Å². The average Bonchev–Trinajstić information content (AvgIpc) is 2.72. The number of amides is 1. The fraction of sp³-hybridized carbons (Fsp3) is 0.500. The number of rotatable bonds is 3. The van der Waals surface area contributed by atoms with E-state index in [0.717, 1.165) is 0 Å². The number of ether oxygens (including phenoxy) is 3. The summed E-state index contributed by atoms with van der Waals surface area (Å²) >= 11 is 0. The molecule has 1 amide bonds. The molecule has 0 fully saturated rings. The van der Waals surface area contributed by atoms with Gasteiger partial charge in [-0.2, -0.15) is 0 Å². The topological polar surface area (TPSA) is 73.9 Å². The standard InChI is InChI=1S/C16H21NO5/c1-16(2,3)22-15(19)17-11-8-12(18)14-10(11)6-9(20-4)7-13(14)21-5/h6-7,11H,8H2,1-5H3,(H,17,19). The molecule has 0 spiro atoms. The van der Waals surface area contributed by atoms with Crippen LogP contribution in [0.4, 0.5) is 4.79 Å². The Balaban J connectivity index is 2.29. The lowest BCUT2D eigenvalue weighted by molar-refractivity contribution is 0.0504. The average molecular weight is 307 g/mol. The molecule has 120 valence electrons. The van der Waals surface area contributed by atoms with Gasteiger partial charge in [0.15, 0.2) is 5.78 Å². The monoisotopic (exact) mass is 307 g/mol. The molecule has 1 aromatic rings. The molecule has 1 unspecified atom stereocenters. The van der Waals surface area contributed by atoms with E-state index >= 15 is 0 Å². The van der Waals surface area contributed by atoms with Crippen LogP contribution < -0.4 is 14.8 Å². The maximum atomic E-state index is 12.2. The van der Waals surface area contributed by atoms with Crippen LogP contribution in [0, 0.1) is 0 Å². The van der Waals surface area contributed by atoms with Gasteiger partial charge in [0.05, 0.1) is 25.8 Å². The molecule has 0 radical (unpaired) electrons. The van der Waals surface area contributed by atoms with Crippen molar-refractivity contribution in [3.8, 4) is 11.5 Å². The van der Waals surface area contributed by atoms with Crippen LogP contribution in [0.5, 0.6) is 11.5 Å². The van der Waals surface area contributed by atoms with Crippen LogP contribution in [-0.4, -0.2) is 31.7 Å². The number of hydrogen-bond donors (Lipinski definition) is 1. The summed E-state index contributed by atoms with van der Waals surface area (Å²) < 4.78 is 15.7. The van der Waals surface area contributed by atoms with Crippen molar-refractivity contribution < 1.29 is 23.8 Å². The van der Waals surface area contributed by atoms with Crippen LogP contribution in [0.3, 0.4) is 0 Å². The minimum absolute atomic E-state index is 0.0736. The summed E-state index contributed by atoms with van der Waals surface area (Å²) in [7, 11) is 3.03. The van der Waals surface area contributed by atoms with Gasteiger partial charge in [0.25, 0.3) is 0 Å². The third-order valence-corrected chi connectivity index (χ3v) is 3.30. The van der Waals surface area contributed by atoms with E-state index in [1.165, 1.54) is 14.2 Å². The number of benzene rings is 1. The summed E-state index contributed by atoms with van der Waals surface area (Å²) in [6.07, 6.45) is -0.377. The molecular weight excluding hydrogens is 286 g/mol. The molecule has 0 bridgehead atoms. The van der Waals surface area contributed by atoms with E-state index in [4.69, 9.17) is 14.2 Å². The number of carbonyl (C=O) groups is 2. The number of ketones is 1. The number of fused-ring (bicyclic) bond motifs is 1. The molecule has 22 heavy (non-hydrogen) atoms. The van der Waals surface area contributed by atoms with Crippen molar-refractivity contribution >= 4 is 11.9 Å². The summed E-state index contributed by atoms with van der Waals surface area (Å²) in [6, 6.07) is 2.96. The Morgan fingerprint density at radius 2 is 1.91 bits per heavy atom. The molecular formula is C16H21NO5. The first-order chi connectivity index (χ1) is 10.2. The quantitative estimate of drug-likeness (QED) is 0.929. The van der Waals surface area contributed by atoms with E-state index in [1.807, 2.05) is 0 Å². The highest BCUT2D eigenvalue weighted by molar-refractivity contribution is 6.04. The minimum Gasteiger partial charge on any atom is -0.497 e. The lowest BCUT2D eigenvalue weighted by Crippen LogP contribution is -2.34. The van der Waals surface area contributed by atoms with Crippen LogP contribution in [0.2, 0.25) is 0 Å². The first-order valence-electron chi connectivity index (χ1n) is 7.04. The third kappa shape index (κ3) is 3.32. The Morgan fingerprint density at radius 1 is 1.23 bits per heavy atom. The lowest BCUT2D eigenvalue weighted by atomic mass is 10.1. The molecule has 0 heterocycles. The molecule has 0 aromatic heterocycles. The summed E-state index contributed by atoms with van der Waals surface area (Å²) in [5.74, 6) is 0.949. The summed E-state index contributed by atoms with van der Waals surface area (Å²) in [5, 5.41) is 2.73. The number of Topliss-reactive ketones (excluding diaryl/α,β-unsaturated/α-hetero) is 1. The SMILES string of the molecule is COc1cc(OC)c2c(c1)C(NC(=O)OC(C)(C)C)CC2=O. The normalized spacial score (nSPS) is 17.0. The Morgan fingerprint density at radius 3 is 2.45 bits per heavy atom. The van der Waals surface area contributed by atoms with Gasteiger partial charge >= 0.3 is 6.09 Å². The number of alkyl carbamates (subject to hydrolysis) is 1. The summed E-state index contributed by atoms with van der Waals surface area (Å²) in [5.41, 5.74) is 0.582. The Kier molecular flexibility index (Phi) is 4.30. The van der Waals surface area contributed by atoms with Gasteiger partial charge < -0.3 is 19.5 Å². The first kappa shape index (κ1) is 16.1. The molecule has 6 nitrogen and oxygen atoms in total. The zero-order chi connectivity index (χ0) is 16.5. The van der Waals surface area contributed by atoms with Crippen LogP contribution in [0.1, 0.15) is 49.2 Å². The zero-order valence-corrected chi connectivity index (χ0v) is 13.5. The van der Waals surface area contributed by atoms with Crippen LogP contribution in [0.25, 0.3) is 0 Å². The minimum atomic E-state index is -0.596. The largest absolute Gasteiger partial charge is 0.497 e. The van der Waals surface area contributed by atoms with Gasteiger partial charge in [-0.25, -0.2) is 4.79 Å². The van der Waals surface area contributed by atoms with Crippen molar-refractivity contribution in [3.05, 3.63) is 23.3 Å². The van der Waals surface area contributed by atoms with Crippen molar-refractivity contribution in [2.75, 3.05) is 14.2 Å². The van der Waals surface area contributed by atoms with E-state index in [2.05, 4.69) is 5.32 Å².